The van der Waals surface area contributed by atoms with Crippen LogP contribution in [0.25, 0.3) is 0 Å². The van der Waals surface area contributed by atoms with E-state index in [0.717, 1.165) is 0 Å². The minimum Gasteiger partial charge on any atom is -0.353 e. The Morgan fingerprint density at radius 3 is 2.82 bits per heavy atom. The van der Waals surface area contributed by atoms with E-state index in [2.05, 4.69) is 15.3 Å². The van der Waals surface area contributed by atoms with Gasteiger partial charge < -0.3 is 15.2 Å². The van der Waals surface area contributed by atoms with Crippen molar-refractivity contribution in [2.75, 3.05) is 24.5 Å². The SMILES string of the molecule is CC(C)c1nc(N2CCNC(=O)C2)cc(=O)[nH]1. The zero-order chi connectivity index (χ0) is 12.4. The van der Waals surface area contributed by atoms with E-state index < -0.39 is 0 Å². The molecule has 1 aromatic rings. The molecule has 2 rings (SSSR count). The average molecular weight is 236 g/mol. The van der Waals surface area contributed by atoms with E-state index in [0.29, 0.717) is 24.7 Å². The second kappa shape index (κ2) is 4.57. The third-order valence-corrected chi connectivity index (χ3v) is 2.66. The summed E-state index contributed by atoms with van der Waals surface area (Å²) in [5, 5.41) is 2.74. The van der Waals surface area contributed by atoms with Gasteiger partial charge in [-0.3, -0.25) is 9.59 Å². The van der Waals surface area contributed by atoms with Gasteiger partial charge in [0.05, 0.1) is 6.54 Å². The van der Waals surface area contributed by atoms with Crippen LogP contribution < -0.4 is 15.8 Å². The molecular formula is C11H16N4O2. The Bertz CT molecular complexity index is 481. The third-order valence-electron chi connectivity index (χ3n) is 2.66. The maximum absolute atomic E-state index is 11.5. The van der Waals surface area contributed by atoms with Gasteiger partial charge in [-0.15, -0.1) is 0 Å². The first-order valence-corrected chi connectivity index (χ1v) is 5.69. The highest BCUT2D eigenvalue weighted by Gasteiger charge is 2.18. The zero-order valence-corrected chi connectivity index (χ0v) is 9.99. The van der Waals surface area contributed by atoms with E-state index in [4.69, 9.17) is 0 Å². The van der Waals surface area contributed by atoms with E-state index in [1.807, 2.05) is 18.7 Å². The van der Waals surface area contributed by atoms with Crippen molar-refractivity contribution in [3.63, 3.8) is 0 Å². The average Bonchev–Trinajstić information content (AvgIpc) is 2.28. The van der Waals surface area contributed by atoms with Crippen LogP contribution in [0.2, 0.25) is 0 Å². The normalized spacial score (nSPS) is 16.2. The number of aromatic amines is 1. The van der Waals surface area contributed by atoms with Crippen molar-refractivity contribution in [3.05, 3.63) is 22.2 Å². The van der Waals surface area contributed by atoms with Crippen LogP contribution in [0.4, 0.5) is 5.82 Å². The van der Waals surface area contributed by atoms with Gasteiger partial charge in [0.2, 0.25) is 5.91 Å². The summed E-state index contributed by atoms with van der Waals surface area (Å²) in [5.74, 6) is 1.34. The zero-order valence-electron chi connectivity index (χ0n) is 9.99. The van der Waals surface area contributed by atoms with Crippen LogP contribution in [-0.4, -0.2) is 35.5 Å². The van der Waals surface area contributed by atoms with Crippen LogP contribution in [0.15, 0.2) is 10.9 Å². The fourth-order valence-corrected chi connectivity index (χ4v) is 1.73. The summed E-state index contributed by atoms with van der Waals surface area (Å²) in [5.41, 5.74) is -0.176. The van der Waals surface area contributed by atoms with Crippen LogP contribution >= 0.6 is 0 Å². The molecule has 1 amide bonds. The highest BCUT2D eigenvalue weighted by atomic mass is 16.2. The largest absolute Gasteiger partial charge is 0.353 e. The van der Waals surface area contributed by atoms with Gasteiger partial charge in [0.25, 0.3) is 5.56 Å². The van der Waals surface area contributed by atoms with Gasteiger partial charge in [0.1, 0.15) is 11.6 Å². The first-order chi connectivity index (χ1) is 8.06. The molecule has 6 nitrogen and oxygen atoms in total. The Kier molecular flexibility index (Phi) is 3.12. The predicted molar refractivity (Wildman–Crippen MR) is 64.2 cm³/mol. The van der Waals surface area contributed by atoms with Crippen molar-refractivity contribution in [1.82, 2.24) is 15.3 Å². The summed E-state index contributed by atoms with van der Waals surface area (Å²) in [6.07, 6.45) is 0. The molecule has 0 radical (unpaired) electrons. The number of piperazine rings is 1. The van der Waals surface area contributed by atoms with E-state index >= 15 is 0 Å². The second-order valence-corrected chi connectivity index (χ2v) is 4.42. The Morgan fingerprint density at radius 2 is 2.18 bits per heavy atom. The minimum atomic E-state index is -0.176. The van der Waals surface area contributed by atoms with Crippen LogP contribution in [0.3, 0.4) is 0 Å². The van der Waals surface area contributed by atoms with E-state index in [9.17, 15) is 9.59 Å². The van der Waals surface area contributed by atoms with Gasteiger partial charge in [0.15, 0.2) is 0 Å². The number of nitrogens with zero attached hydrogens (tertiary/aromatic N) is 2. The summed E-state index contributed by atoms with van der Waals surface area (Å²) in [4.78, 5) is 31.7. The molecular weight excluding hydrogens is 220 g/mol. The Morgan fingerprint density at radius 1 is 1.41 bits per heavy atom. The number of aromatic nitrogens is 2. The minimum absolute atomic E-state index is 0.0376. The molecule has 17 heavy (non-hydrogen) atoms. The van der Waals surface area contributed by atoms with Crippen LogP contribution in [0, 0.1) is 0 Å². The summed E-state index contributed by atoms with van der Waals surface area (Å²) >= 11 is 0. The lowest BCUT2D eigenvalue weighted by atomic mass is 10.2. The van der Waals surface area contributed by atoms with E-state index in [-0.39, 0.29) is 23.9 Å². The fourth-order valence-electron chi connectivity index (χ4n) is 1.73. The van der Waals surface area contributed by atoms with Crippen molar-refractivity contribution < 1.29 is 4.79 Å². The third kappa shape index (κ3) is 2.64. The summed E-state index contributed by atoms with van der Waals surface area (Å²) in [6, 6.07) is 1.44. The molecule has 1 aliphatic rings. The predicted octanol–water partition coefficient (Wildman–Crippen LogP) is -0.170. The number of nitrogens with one attached hydrogen (secondary N) is 2. The lowest BCUT2D eigenvalue weighted by molar-refractivity contribution is -0.120. The topological polar surface area (TPSA) is 78.1 Å². The number of carbonyl (C=O) groups excluding carboxylic acids is 1. The maximum Gasteiger partial charge on any atom is 0.252 e. The monoisotopic (exact) mass is 236 g/mol. The highest BCUT2D eigenvalue weighted by Crippen LogP contribution is 2.13. The van der Waals surface area contributed by atoms with E-state index in [1.54, 1.807) is 0 Å². The highest BCUT2D eigenvalue weighted by molar-refractivity contribution is 5.82. The van der Waals surface area contributed by atoms with Gasteiger partial charge >= 0.3 is 0 Å². The van der Waals surface area contributed by atoms with Crippen LogP contribution in [0.1, 0.15) is 25.6 Å². The van der Waals surface area contributed by atoms with Crippen molar-refractivity contribution in [2.24, 2.45) is 0 Å². The molecule has 1 aromatic heterocycles. The molecule has 1 saturated heterocycles. The van der Waals surface area contributed by atoms with Gasteiger partial charge in [-0.05, 0) is 0 Å². The molecule has 0 saturated carbocycles. The van der Waals surface area contributed by atoms with Crippen molar-refractivity contribution in [2.45, 2.75) is 19.8 Å². The lowest BCUT2D eigenvalue weighted by Crippen LogP contribution is -2.48. The molecule has 2 heterocycles. The maximum atomic E-state index is 11.5. The number of hydrogen-bond acceptors (Lipinski definition) is 4. The number of H-pyrrole nitrogens is 1. The fraction of sp³-hybridized carbons (Fsp3) is 0.545. The van der Waals surface area contributed by atoms with Gasteiger partial charge in [0, 0.05) is 25.1 Å². The molecule has 0 bridgehead atoms. The molecule has 2 N–H and O–H groups in total. The number of rotatable bonds is 2. The van der Waals surface area contributed by atoms with Gasteiger partial charge in [-0.1, -0.05) is 13.8 Å². The number of amides is 1. The van der Waals surface area contributed by atoms with Crippen molar-refractivity contribution >= 4 is 11.7 Å². The first kappa shape index (κ1) is 11.6. The molecule has 92 valence electrons. The smallest absolute Gasteiger partial charge is 0.252 e. The Hall–Kier alpha value is -1.85. The molecule has 6 heteroatoms. The second-order valence-electron chi connectivity index (χ2n) is 4.42. The summed E-state index contributed by atoms with van der Waals surface area (Å²) in [6.45, 7) is 5.45. The number of anilines is 1. The summed E-state index contributed by atoms with van der Waals surface area (Å²) in [7, 11) is 0. The Balaban J connectivity index is 2.31. The first-order valence-electron chi connectivity index (χ1n) is 5.69. The Labute approximate surface area is 99.1 Å². The van der Waals surface area contributed by atoms with Gasteiger partial charge in [-0.2, -0.15) is 0 Å². The molecule has 1 aliphatic heterocycles. The molecule has 0 unspecified atom stereocenters. The molecule has 0 spiro atoms. The molecule has 0 aliphatic carbocycles. The standard InChI is InChI=1S/C11H16N4O2/c1-7(2)11-13-8(5-9(16)14-11)15-4-3-12-10(17)6-15/h5,7H,3-4,6H2,1-2H3,(H,12,17)(H,13,14,16). The molecule has 0 atom stereocenters. The quantitative estimate of drug-likeness (QED) is 0.747. The van der Waals surface area contributed by atoms with Gasteiger partial charge in [-0.25, -0.2) is 4.98 Å². The molecule has 0 aromatic carbocycles. The molecule has 1 fully saturated rings. The lowest BCUT2D eigenvalue weighted by Gasteiger charge is -2.27. The number of hydrogen-bond donors (Lipinski definition) is 2. The van der Waals surface area contributed by atoms with Crippen molar-refractivity contribution in [3.8, 4) is 0 Å². The number of carbonyl (C=O) groups is 1. The van der Waals surface area contributed by atoms with Crippen molar-refractivity contribution in [1.29, 1.82) is 0 Å². The van der Waals surface area contributed by atoms with Crippen LogP contribution in [0.5, 0.6) is 0 Å². The summed E-state index contributed by atoms with van der Waals surface area (Å²) < 4.78 is 0. The van der Waals surface area contributed by atoms with E-state index in [1.165, 1.54) is 6.07 Å². The van der Waals surface area contributed by atoms with Crippen LogP contribution in [-0.2, 0) is 4.79 Å².